The molecule has 31 heavy (non-hydrogen) atoms. The SMILES string of the molecule is CC(C)c1cc2c3c(c1)B1N(c4ccccc4)c4ccccc4N1c1ccc[n+](c1-3)C2. The lowest BCUT2D eigenvalue weighted by atomic mass is 9.59. The lowest BCUT2D eigenvalue weighted by Crippen LogP contribution is -2.56. The van der Waals surface area contributed by atoms with Gasteiger partial charge in [-0.1, -0.05) is 50.2 Å². The molecule has 0 bridgehead atoms. The van der Waals surface area contributed by atoms with Gasteiger partial charge >= 0.3 is 6.98 Å². The number of benzene rings is 3. The molecule has 0 atom stereocenters. The Labute approximate surface area is 183 Å². The molecule has 4 aromatic rings. The summed E-state index contributed by atoms with van der Waals surface area (Å²) in [6.45, 7) is 5.68. The fourth-order valence-corrected chi connectivity index (χ4v) is 5.68. The van der Waals surface area contributed by atoms with Gasteiger partial charge in [0.05, 0.1) is 16.9 Å². The van der Waals surface area contributed by atoms with Crippen LogP contribution in [0.3, 0.4) is 0 Å². The minimum absolute atomic E-state index is 0.119. The van der Waals surface area contributed by atoms with Gasteiger partial charge in [-0.15, -0.1) is 0 Å². The van der Waals surface area contributed by atoms with Gasteiger partial charge in [0.2, 0.25) is 5.69 Å². The first-order valence-corrected chi connectivity index (χ1v) is 11.1. The second-order valence-electron chi connectivity index (χ2n) is 9.11. The average Bonchev–Trinajstić information content (AvgIpc) is 3.35. The average molecular weight is 400 g/mol. The first-order chi connectivity index (χ1) is 15.2. The van der Waals surface area contributed by atoms with Crippen LogP contribution in [0.1, 0.15) is 30.9 Å². The Balaban J connectivity index is 1.59. The minimum Gasteiger partial charge on any atom is -0.360 e. The zero-order valence-electron chi connectivity index (χ0n) is 17.8. The molecule has 0 spiro atoms. The van der Waals surface area contributed by atoms with E-state index in [-0.39, 0.29) is 6.98 Å². The van der Waals surface area contributed by atoms with E-state index < -0.39 is 0 Å². The van der Waals surface area contributed by atoms with Crippen molar-refractivity contribution in [2.24, 2.45) is 0 Å². The number of hydrogen-bond acceptors (Lipinski definition) is 2. The molecule has 3 aromatic carbocycles. The van der Waals surface area contributed by atoms with Crippen molar-refractivity contribution in [1.29, 1.82) is 0 Å². The van der Waals surface area contributed by atoms with Crippen molar-refractivity contribution >= 4 is 35.2 Å². The normalized spacial score (nSPS) is 14.7. The predicted octanol–water partition coefficient (Wildman–Crippen LogP) is 5.12. The van der Waals surface area contributed by atoms with E-state index in [2.05, 4.69) is 113 Å². The summed E-state index contributed by atoms with van der Waals surface area (Å²) in [5.41, 5.74) is 12.2. The van der Waals surface area contributed by atoms with E-state index in [0.717, 1.165) is 6.54 Å². The second kappa shape index (κ2) is 6.01. The van der Waals surface area contributed by atoms with E-state index in [1.165, 1.54) is 50.6 Å². The van der Waals surface area contributed by atoms with E-state index in [1.54, 1.807) is 0 Å². The molecule has 0 saturated heterocycles. The van der Waals surface area contributed by atoms with E-state index in [9.17, 15) is 0 Å². The summed E-state index contributed by atoms with van der Waals surface area (Å²) in [5.74, 6) is 0.499. The predicted molar refractivity (Wildman–Crippen MR) is 128 cm³/mol. The molecule has 3 nitrogen and oxygen atoms in total. The molecule has 148 valence electrons. The zero-order valence-corrected chi connectivity index (χ0v) is 17.8. The number of nitrogens with zero attached hydrogens (tertiary/aromatic N) is 3. The van der Waals surface area contributed by atoms with Crippen LogP contribution in [-0.4, -0.2) is 6.98 Å². The molecule has 0 N–H and O–H groups in total. The van der Waals surface area contributed by atoms with E-state index in [4.69, 9.17) is 0 Å². The van der Waals surface area contributed by atoms with Gasteiger partial charge in [-0.2, -0.15) is 4.57 Å². The molecule has 0 amide bonds. The van der Waals surface area contributed by atoms with Crippen LogP contribution in [-0.2, 0) is 6.54 Å². The molecule has 1 aromatic heterocycles. The van der Waals surface area contributed by atoms with Crippen LogP contribution in [0, 0.1) is 0 Å². The molecule has 7 rings (SSSR count). The zero-order chi connectivity index (χ0) is 20.7. The summed E-state index contributed by atoms with van der Waals surface area (Å²) in [6.07, 6.45) is 2.23. The molecule has 4 heterocycles. The number of pyridine rings is 1. The molecular weight excluding hydrogens is 377 g/mol. The van der Waals surface area contributed by atoms with E-state index in [1.807, 2.05) is 0 Å². The summed E-state index contributed by atoms with van der Waals surface area (Å²) < 4.78 is 2.43. The number of para-hydroxylation sites is 3. The lowest BCUT2D eigenvalue weighted by Gasteiger charge is -2.34. The lowest BCUT2D eigenvalue weighted by molar-refractivity contribution is -0.671. The maximum Gasteiger partial charge on any atom is 0.421 e. The topological polar surface area (TPSA) is 10.4 Å². The Morgan fingerprint density at radius 3 is 2.29 bits per heavy atom. The van der Waals surface area contributed by atoms with E-state index in [0.29, 0.717) is 5.92 Å². The highest BCUT2D eigenvalue weighted by Crippen LogP contribution is 2.51. The highest BCUT2D eigenvalue weighted by atomic mass is 15.3. The van der Waals surface area contributed by atoms with E-state index >= 15 is 0 Å². The highest BCUT2D eigenvalue weighted by molar-refractivity contribution is 6.86. The molecule has 4 heteroatoms. The number of anilines is 4. The Morgan fingerprint density at radius 1 is 0.806 bits per heavy atom. The quantitative estimate of drug-likeness (QED) is 0.301. The summed E-state index contributed by atoms with van der Waals surface area (Å²) in [4.78, 5) is 5.07. The molecule has 0 fully saturated rings. The fraction of sp³-hybridized carbons (Fsp3) is 0.148. The van der Waals surface area contributed by atoms with Crippen molar-refractivity contribution in [3.8, 4) is 11.3 Å². The maximum absolute atomic E-state index is 2.55. The van der Waals surface area contributed by atoms with Crippen LogP contribution >= 0.6 is 0 Å². The molecule has 3 aliphatic rings. The number of fused-ring (bicyclic) bond motifs is 5. The third kappa shape index (κ3) is 2.17. The number of aromatic nitrogens is 1. The van der Waals surface area contributed by atoms with Gasteiger partial charge in [0, 0.05) is 17.3 Å². The third-order valence-corrected chi connectivity index (χ3v) is 7.03. The third-order valence-electron chi connectivity index (χ3n) is 7.03. The van der Waals surface area contributed by atoms with Crippen LogP contribution < -0.4 is 19.7 Å². The maximum atomic E-state index is 2.55. The molecule has 0 radical (unpaired) electrons. The highest BCUT2D eigenvalue weighted by Gasteiger charge is 2.52. The molecule has 0 unspecified atom stereocenters. The Hall–Kier alpha value is -3.53. The van der Waals surface area contributed by atoms with Crippen molar-refractivity contribution in [2.45, 2.75) is 26.3 Å². The standard InChI is InChI=1S/C27H23BN3/c1-18(2)19-15-20-17-29-14-8-13-25-27(29)26(20)22(16-19)28-30(21-9-4-3-5-10-21)23-11-6-7-12-24(23)31(25)28/h3-16,18H,17H2,1-2H3/q+1. The molecule has 3 aliphatic heterocycles. The first-order valence-electron chi connectivity index (χ1n) is 11.1. The van der Waals surface area contributed by atoms with Crippen LogP contribution in [0.15, 0.2) is 85.1 Å². The van der Waals surface area contributed by atoms with Crippen LogP contribution in [0.2, 0.25) is 0 Å². The van der Waals surface area contributed by atoms with Crippen LogP contribution in [0.4, 0.5) is 22.7 Å². The first kappa shape index (κ1) is 17.2. The largest absolute Gasteiger partial charge is 0.421 e. The van der Waals surface area contributed by atoms with Crippen molar-refractivity contribution in [3.63, 3.8) is 0 Å². The fourth-order valence-electron chi connectivity index (χ4n) is 5.68. The van der Waals surface area contributed by atoms with Crippen molar-refractivity contribution < 1.29 is 4.57 Å². The number of rotatable bonds is 2. The second-order valence-corrected chi connectivity index (χ2v) is 9.11. The summed E-state index contributed by atoms with van der Waals surface area (Å²) >= 11 is 0. The number of hydrogen-bond donors (Lipinski definition) is 0. The van der Waals surface area contributed by atoms with Gasteiger partial charge < -0.3 is 9.62 Å². The minimum atomic E-state index is 0.119. The summed E-state index contributed by atoms with van der Waals surface area (Å²) in [7, 11) is 0. The van der Waals surface area contributed by atoms with Crippen LogP contribution in [0.25, 0.3) is 11.3 Å². The van der Waals surface area contributed by atoms with Crippen LogP contribution in [0.5, 0.6) is 0 Å². The van der Waals surface area contributed by atoms with Gasteiger partial charge in [-0.3, -0.25) is 0 Å². The smallest absolute Gasteiger partial charge is 0.360 e. The van der Waals surface area contributed by atoms with Gasteiger partial charge in [0.1, 0.15) is 5.69 Å². The van der Waals surface area contributed by atoms with Crippen molar-refractivity contribution in [2.75, 3.05) is 9.62 Å². The Bertz CT molecular complexity index is 1360. The van der Waals surface area contributed by atoms with Gasteiger partial charge in [-0.25, -0.2) is 0 Å². The summed E-state index contributed by atoms with van der Waals surface area (Å²) in [6, 6.07) is 29.1. The molecule has 0 saturated carbocycles. The van der Waals surface area contributed by atoms with Crippen molar-refractivity contribution in [1.82, 2.24) is 0 Å². The van der Waals surface area contributed by atoms with Gasteiger partial charge in [0.15, 0.2) is 12.7 Å². The van der Waals surface area contributed by atoms with Crippen molar-refractivity contribution in [3.05, 3.63) is 96.2 Å². The Morgan fingerprint density at radius 2 is 1.52 bits per heavy atom. The van der Waals surface area contributed by atoms with Gasteiger partial charge in [-0.05, 0) is 53.3 Å². The Kier molecular flexibility index (Phi) is 3.33. The van der Waals surface area contributed by atoms with Gasteiger partial charge in [0.25, 0.3) is 0 Å². The molecular formula is C27H23BN3+. The molecule has 0 aliphatic carbocycles. The monoisotopic (exact) mass is 400 g/mol. The summed E-state index contributed by atoms with van der Waals surface area (Å²) in [5, 5.41) is 0.